The van der Waals surface area contributed by atoms with Crippen LogP contribution in [0.1, 0.15) is 38.8 Å². The van der Waals surface area contributed by atoms with Crippen LogP contribution in [0.5, 0.6) is 11.5 Å². The fourth-order valence-electron chi connectivity index (χ4n) is 3.45. The largest absolute Gasteiger partial charge is 0.491 e. The molecule has 0 spiro atoms. The Balaban J connectivity index is 2.05. The molecule has 1 N–H and O–H groups in total. The first-order valence-corrected chi connectivity index (χ1v) is 12.9. The molecule has 0 aliphatic carbocycles. The molecule has 9 heteroatoms. The molecule has 2 rings (SSSR count). The molecule has 7 nitrogen and oxygen atoms in total. The minimum Gasteiger partial charge on any atom is -0.491 e. The summed E-state index contributed by atoms with van der Waals surface area (Å²) in [7, 11) is 1.58. The van der Waals surface area contributed by atoms with Crippen molar-refractivity contribution in [2.45, 2.75) is 51.6 Å². The summed E-state index contributed by atoms with van der Waals surface area (Å²) in [5.74, 6) is 1.20. The molecule has 2 aromatic carbocycles. The third-order valence-electron chi connectivity index (χ3n) is 5.34. The number of ether oxygens (including phenoxy) is 5. The number of carbonyl (C=O) groups excluding carboxylic acids is 1. The zero-order chi connectivity index (χ0) is 26.0. The molecule has 0 amide bonds. The van der Waals surface area contributed by atoms with E-state index in [1.54, 1.807) is 14.0 Å². The molecule has 0 radical (unpaired) electrons. The summed E-state index contributed by atoms with van der Waals surface area (Å²) in [5, 5.41) is 9.45. The lowest BCUT2D eigenvalue weighted by molar-refractivity contribution is -0.147. The molecule has 0 bridgehead atoms. The third-order valence-corrected chi connectivity index (χ3v) is 6.52. The maximum atomic E-state index is 11.2. The van der Waals surface area contributed by atoms with E-state index in [-0.39, 0.29) is 36.6 Å². The van der Waals surface area contributed by atoms with Crippen LogP contribution in [0.25, 0.3) is 0 Å². The zero-order valence-corrected chi connectivity index (χ0v) is 23.7. The summed E-state index contributed by atoms with van der Waals surface area (Å²) in [5.41, 5.74) is 1.99. The van der Waals surface area contributed by atoms with Gasteiger partial charge in [-0.25, -0.2) is 0 Å². The van der Waals surface area contributed by atoms with Gasteiger partial charge < -0.3 is 28.8 Å². The summed E-state index contributed by atoms with van der Waals surface area (Å²) in [6.07, 6.45) is -1.75. The minimum absolute atomic E-state index is 0.168. The Morgan fingerprint density at radius 3 is 2.20 bits per heavy atom. The predicted octanol–water partition coefficient (Wildman–Crippen LogP) is 4.92. The Labute approximate surface area is 226 Å². The number of halogens is 2. The van der Waals surface area contributed by atoms with Crippen LogP contribution in [0.3, 0.4) is 0 Å². The van der Waals surface area contributed by atoms with Gasteiger partial charge in [-0.2, -0.15) is 0 Å². The summed E-state index contributed by atoms with van der Waals surface area (Å²) in [6, 6.07) is 14.0. The lowest BCUT2D eigenvalue weighted by atomic mass is 9.78. The van der Waals surface area contributed by atoms with E-state index in [2.05, 4.69) is 42.5 Å². The van der Waals surface area contributed by atoms with Crippen LogP contribution in [-0.2, 0) is 24.4 Å². The van der Waals surface area contributed by atoms with E-state index in [0.717, 1.165) is 14.7 Å². The van der Waals surface area contributed by atoms with Gasteiger partial charge in [-0.3, -0.25) is 4.79 Å². The van der Waals surface area contributed by atoms with E-state index in [1.165, 1.54) is 6.92 Å². The fraction of sp³-hybridized carbons (Fsp3) is 0.500. The smallest absolute Gasteiger partial charge is 0.303 e. The number of esters is 1. The van der Waals surface area contributed by atoms with Gasteiger partial charge in [0, 0.05) is 19.4 Å². The van der Waals surface area contributed by atoms with Crippen molar-refractivity contribution >= 4 is 40.2 Å². The molecule has 0 saturated heterocycles. The molecule has 2 aromatic rings. The first kappa shape index (κ1) is 29.6. The fourth-order valence-corrected chi connectivity index (χ4v) is 4.27. The van der Waals surface area contributed by atoms with Crippen molar-refractivity contribution in [3.8, 4) is 11.5 Å². The van der Waals surface area contributed by atoms with Gasteiger partial charge in [-0.05, 0) is 64.9 Å². The van der Waals surface area contributed by atoms with Crippen molar-refractivity contribution in [1.29, 1.82) is 0 Å². The number of hydrogen-bond donors (Lipinski definition) is 1. The van der Waals surface area contributed by atoms with Crippen molar-refractivity contribution < 1.29 is 33.6 Å². The molecule has 0 fully saturated rings. The highest BCUT2D eigenvalue weighted by Crippen LogP contribution is 2.35. The second kappa shape index (κ2) is 14.2. The van der Waals surface area contributed by atoms with E-state index < -0.39 is 12.4 Å². The second-order valence-electron chi connectivity index (χ2n) is 8.62. The van der Waals surface area contributed by atoms with Crippen LogP contribution in [0.4, 0.5) is 0 Å². The predicted molar refractivity (Wildman–Crippen MR) is 143 cm³/mol. The summed E-state index contributed by atoms with van der Waals surface area (Å²) in [4.78, 5) is 11.2. The van der Waals surface area contributed by atoms with E-state index in [0.29, 0.717) is 18.1 Å². The number of aliphatic hydroxyl groups is 1. The Bertz CT molecular complexity index is 934. The lowest BCUT2D eigenvalue weighted by Crippen LogP contribution is -2.30. The van der Waals surface area contributed by atoms with Crippen LogP contribution < -0.4 is 9.47 Å². The van der Waals surface area contributed by atoms with Gasteiger partial charge in [0.2, 0.25) is 0 Å². The van der Waals surface area contributed by atoms with Crippen molar-refractivity contribution in [3.63, 3.8) is 0 Å². The summed E-state index contributed by atoms with van der Waals surface area (Å²) < 4.78 is 28.3. The summed E-state index contributed by atoms with van der Waals surface area (Å²) >= 11 is 8.10. The zero-order valence-electron chi connectivity index (χ0n) is 20.8. The molecular formula is C26H34ClIO7. The number of aliphatic hydroxyl groups excluding tert-OH is 1. The maximum Gasteiger partial charge on any atom is 0.303 e. The molecule has 0 aliphatic rings. The van der Waals surface area contributed by atoms with Gasteiger partial charge in [0.1, 0.15) is 36.9 Å². The maximum absolute atomic E-state index is 11.2. The van der Waals surface area contributed by atoms with Gasteiger partial charge in [0.25, 0.3) is 0 Å². The first-order chi connectivity index (χ1) is 16.6. The SMILES string of the molecule is COC[C@@H](COc1ccc(C(C)(C)c2ccc(OC[C@@H](CCl)OC(C)=O)c(I)c2)cc1)OC(C)O. The van der Waals surface area contributed by atoms with Crippen LogP contribution >= 0.6 is 34.2 Å². The molecular weight excluding hydrogens is 587 g/mol. The van der Waals surface area contributed by atoms with Gasteiger partial charge >= 0.3 is 5.97 Å². The number of methoxy groups -OCH3 is 1. The van der Waals surface area contributed by atoms with Crippen molar-refractivity contribution in [2.75, 3.05) is 32.8 Å². The van der Waals surface area contributed by atoms with E-state index in [1.807, 2.05) is 36.4 Å². The summed E-state index contributed by atoms with van der Waals surface area (Å²) in [6.45, 7) is 8.00. The van der Waals surface area contributed by atoms with E-state index >= 15 is 0 Å². The highest BCUT2D eigenvalue weighted by molar-refractivity contribution is 14.1. The topological polar surface area (TPSA) is 83.5 Å². The molecule has 1 unspecified atom stereocenters. The molecule has 0 aromatic heterocycles. The van der Waals surface area contributed by atoms with Gasteiger partial charge in [0.15, 0.2) is 6.29 Å². The Morgan fingerprint density at radius 2 is 1.66 bits per heavy atom. The number of rotatable bonds is 14. The molecule has 0 heterocycles. The van der Waals surface area contributed by atoms with E-state index in [4.69, 9.17) is 35.3 Å². The number of carbonyl (C=O) groups is 1. The Kier molecular flexibility index (Phi) is 12.0. The lowest BCUT2D eigenvalue weighted by Gasteiger charge is -2.27. The van der Waals surface area contributed by atoms with Crippen molar-refractivity contribution in [2.24, 2.45) is 0 Å². The number of hydrogen-bond acceptors (Lipinski definition) is 7. The van der Waals surface area contributed by atoms with Gasteiger partial charge in [-0.1, -0.05) is 32.0 Å². The van der Waals surface area contributed by atoms with Crippen LogP contribution in [-0.4, -0.2) is 62.4 Å². The minimum atomic E-state index is -0.892. The second-order valence-corrected chi connectivity index (χ2v) is 10.1. The molecule has 3 atom stereocenters. The van der Waals surface area contributed by atoms with Crippen LogP contribution in [0.2, 0.25) is 0 Å². The molecule has 0 aliphatic heterocycles. The molecule has 194 valence electrons. The highest BCUT2D eigenvalue weighted by Gasteiger charge is 2.24. The molecule has 0 saturated carbocycles. The standard InChI is InChI=1S/C26H34ClIO7/c1-17(29)34-22(13-27)15-33-25-11-8-20(12-24(25)28)26(3,4)19-6-9-21(10-7-19)32-16-23(14-31-5)35-18(2)30/h6-12,18,22-23,30H,13-16H2,1-5H3/t18?,22-,23+/m1/s1. The average Bonchev–Trinajstić information content (AvgIpc) is 2.80. The van der Waals surface area contributed by atoms with Gasteiger partial charge in [0.05, 0.1) is 16.1 Å². The first-order valence-electron chi connectivity index (χ1n) is 11.3. The van der Waals surface area contributed by atoms with Crippen LogP contribution in [0, 0.1) is 3.57 Å². The average molecular weight is 621 g/mol. The molecule has 35 heavy (non-hydrogen) atoms. The van der Waals surface area contributed by atoms with Crippen molar-refractivity contribution in [1.82, 2.24) is 0 Å². The third kappa shape index (κ3) is 9.42. The monoisotopic (exact) mass is 620 g/mol. The van der Waals surface area contributed by atoms with Gasteiger partial charge in [-0.15, -0.1) is 11.6 Å². The normalized spacial score (nSPS) is 14.2. The number of benzene rings is 2. The Morgan fingerprint density at radius 1 is 1.03 bits per heavy atom. The van der Waals surface area contributed by atoms with E-state index in [9.17, 15) is 9.90 Å². The van der Waals surface area contributed by atoms with Crippen LogP contribution in [0.15, 0.2) is 42.5 Å². The number of alkyl halides is 1. The highest BCUT2D eigenvalue weighted by atomic mass is 127. The van der Waals surface area contributed by atoms with Crippen molar-refractivity contribution in [3.05, 3.63) is 57.2 Å². The Hall–Kier alpha value is -1.59. The quantitative estimate of drug-likeness (QED) is 0.139.